The fourth-order valence-electron chi connectivity index (χ4n) is 2.77. The second-order valence-corrected chi connectivity index (χ2v) is 6.31. The molecule has 0 N–H and O–H groups in total. The topological polar surface area (TPSA) is 3.24 Å². The molecule has 0 bridgehead atoms. The number of hydrogen-bond donors (Lipinski definition) is 0. The summed E-state index contributed by atoms with van der Waals surface area (Å²) in [5.74, 6) is 0.698. The van der Waals surface area contributed by atoms with Crippen LogP contribution in [0.15, 0.2) is 22.7 Å². The molecule has 2 rings (SSSR count). The van der Waals surface area contributed by atoms with Gasteiger partial charge >= 0.3 is 0 Å². The van der Waals surface area contributed by atoms with Crippen LogP contribution in [0.1, 0.15) is 32.3 Å². The normalized spacial score (nSPS) is 22.3. The van der Waals surface area contributed by atoms with Crippen LogP contribution in [0.2, 0.25) is 0 Å². The molecule has 0 spiro atoms. The lowest BCUT2D eigenvalue weighted by Gasteiger charge is -2.27. The molecule has 0 amide bonds. The summed E-state index contributed by atoms with van der Waals surface area (Å²) in [6.45, 7) is 6.83. The van der Waals surface area contributed by atoms with Gasteiger partial charge in [-0.05, 0) is 49.4 Å². The monoisotopic (exact) mass is 313 g/mol. The maximum absolute atomic E-state index is 13.9. The zero-order chi connectivity index (χ0) is 13.1. The number of halogens is 2. The second-order valence-electron chi connectivity index (χ2n) is 5.39. The molecule has 2 atom stereocenters. The van der Waals surface area contributed by atoms with Crippen molar-refractivity contribution in [3.63, 3.8) is 0 Å². The molecule has 0 aliphatic carbocycles. The lowest BCUT2D eigenvalue weighted by Crippen LogP contribution is -2.34. The van der Waals surface area contributed by atoms with Gasteiger partial charge < -0.3 is 0 Å². The second kappa shape index (κ2) is 6.16. The maximum Gasteiger partial charge on any atom is 0.127 e. The van der Waals surface area contributed by atoms with E-state index in [0.717, 1.165) is 41.9 Å². The van der Waals surface area contributed by atoms with Crippen molar-refractivity contribution >= 4 is 15.9 Å². The molecule has 1 aromatic carbocycles. The number of rotatable bonds is 4. The number of nitrogens with zero attached hydrogens (tertiary/aromatic N) is 1. The van der Waals surface area contributed by atoms with E-state index in [9.17, 15) is 4.39 Å². The summed E-state index contributed by atoms with van der Waals surface area (Å²) in [7, 11) is 0. The molecule has 0 radical (unpaired) electrons. The van der Waals surface area contributed by atoms with Crippen LogP contribution in [-0.4, -0.2) is 24.0 Å². The predicted octanol–water partition coefficient (Wildman–Crippen LogP) is 4.25. The van der Waals surface area contributed by atoms with Crippen molar-refractivity contribution in [1.29, 1.82) is 0 Å². The van der Waals surface area contributed by atoms with Gasteiger partial charge in [0.1, 0.15) is 5.82 Å². The Morgan fingerprint density at radius 2 is 2.28 bits per heavy atom. The highest BCUT2D eigenvalue weighted by atomic mass is 79.9. The van der Waals surface area contributed by atoms with Gasteiger partial charge in [0.15, 0.2) is 0 Å². The molecule has 1 saturated heterocycles. The zero-order valence-corrected chi connectivity index (χ0v) is 12.7. The van der Waals surface area contributed by atoms with Crippen molar-refractivity contribution in [3.05, 3.63) is 34.1 Å². The van der Waals surface area contributed by atoms with Crippen LogP contribution in [0.5, 0.6) is 0 Å². The summed E-state index contributed by atoms with van der Waals surface area (Å²) in [6, 6.07) is 5.87. The minimum atomic E-state index is -0.0879. The first-order valence-electron chi connectivity index (χ1n) is 6.78. The Bertz CT molecular complexity index is 407. The van der Waals surface area contributed by atoms with E-state index in [2.05, 4.69) is 34.7 Å². The van der Waals surface area contributed by atoms with E-state index >= 15 is 0 Å². The van der Waals surface area contributed by atoms with Crippen molar-refractivity contribution in [3.8, 4) is 0 Å². The third-order valence-electron chi connectivity index (χ3n) is 3.91. The summed E-state index contributed by atoms with van der Waals surface area (Å²) >= 11 is 3.30. The molecular formula is C15H21BrFN. The Labute approximate surface area is 118 Å². The first-order chi connectivity index (χ1) is 8.60. The molecule has 1 aliphatic heterocycles. The number of benzene rings is 1. The Balaban J connectivity index is 2.05. The van der Waals surface area contributed by atoms with Crippen molar-refractivity contribution in [2.24, 2.45) is 5.92 Å². The van der Waals surface area contributed by atoms with E-state index in [-0.39, 0.29) is 5.82 Å². The Kier molecular flexibility index (Phi) is 4.79. The summed E-state index contributed by atoms with van der Waals surface area (Å²) < 4.78 is 14.7. The van der Waals surface area contributed by atoms with Crippen LogP contribution in [0.3, 0.4) is 0 Å². The van der Waals surface area contributed by atoms with Crippen LogP contribution in [0.25, 0.3) is 0 Å². The number of hydrogen-bond acceptors (Lipinski definition) is 1. The lowest BCUT2D eigenvalue weighted by atomic mass is 10.0. The third kappa shape index (κ3) is 3.33. The van der Waals surface area contributed by atoms with Gasteiger partial charge in [0.25, 0.3) is 0 Å². The minimum absolute atomic E-state index is 0.0879. The van der Waals surface area contributed by atoms with E-state index in [1.165, 1.54) is 6.42 Å². The molecule has 2 unspecified atom stereocenters. The largest absolute Gasteiger partial charge is 0.300 e. The van der Waals surface area contributed by atoms with Gasteiger partial charge in [-0.15, -0.1) is 0 Å². The van der Waals surface area contributed by atoms with Crippen molar-refractivity contribution in [2.45, 2.75) is 39.2 Å². The quantitative estimate of drug-likeness (QED) is 0.803. The van der Waals surface area contributed by atoms with Gasteiger partial charge in [-0.1, -0.05) is 35.8 Å². The van der Waals surface area contributed by atoms with Crippen molar-refractivity contribution < 1.29 is 4.39 Å². The van der Waals surface area contributed by atoms with E-state index in [4.69, 9.17) is 0 Å². The molecule has 1 heterocycles. The summed E-state index contributed by atoms with van der Waals surface area (Å²) in [4.78, 5) is 2.52. The molecule has 0 saturated carbocycles. The molecule has 1 nitrogen and oxygen atoms in total. The molecule has 3 heteroatoms. The first kappa shape index (κ1) is 14.0. The SMILES string of the molecule is CCC(Cc1ccc(Br)cc1F)N1CCC(C)C1. The van der Waals surface area contributed by atoms with Crippen molar-refractivity contribution in [2.75, 3.05) is 13.1 Å². The molecule has 18 heavy (non-hydrogen) atoms. The zero-order valence-electron chi connectivity index (χ0n) is 11.1. The fourth-order valence-corrected chi connectivity index (χ4v) is 3.11. The predicted molar refractivity (Wildman–Crippen MR) is 77.2 cm³/mol. The smallest absolute Gasteiger partial charge is 0.127 e. The lowest BCUT2D eigenvalue weighted by molar-refractivity contribution is 0.226. The van der Waals surface area contributed by atoms with Crippen LogP contribution in [0.4, 0.5) is 4.39 Å². The molecule has 1 aliphatic rings. The molecule has 100 valence electrons. The third-order valence-corrected chi connectivity index (χ3v) is 4.41. The highest BCUT2D eigenvalue weighted by Crippen LogP contribution is 2.23. The van der Waals surface area contributed by atoms with Gasteiger partial charge in [0.05, 0.1) is 0 Å². The first-order valence-corrected chi connectivity index (χ1v) is 7.57. The van der Waals surface area contributed by atoms with Crippen LogP contribution in [-0.2, 0) is 6.42 Å². The summed E-state index contributed by atoms with van der Waals surface area (Å²) in [5.41, 5.74) is 0.838. The molecule has 1 fully saturated rings. The molecule has 1 aromatic rings. The average molecular weight is 314 g/mol. The maximum atomic E-state index is 13.9. The molecule has 0 aromatic heterocycles. The number of likely N-dealkylation sites (tertiary alicyclic amines) is 1. The fraction of sp³-hybridized carbons (Fsp3) is 0.600. The summed E-state index contributed by atoms with van der Waals surface area (Å²) in [6.07, 6.45) is 3.18. The van der Waals surface area contributed by atoms with E-state index in [0.29, 0.717) is 6.04 Å². The van der Waals surface area contributed by atoms with Crippen LogP contribution >= 0.6 is 15.9 Å². The Hall–Kier alpha value is -0.410. The highest BCUT2D eigenvalue weighted by Gasteiger charge is 2.25. The van der Waals surface area contributed by atoms with Crippen LogP contribution < -0.4 is 0 Å². The average Bonchev–Trinajstić information content (AvgIpc) is 2.75. The van der Waals surface area contributed by atoms with E-state index in [1.807, 2.05) is 12.1 Å². The Morgan fingerprint density at radius 3 is 2.83 bits per heavy atom. The minimum Gasteiger partial charge on any atom is -0.300 e. The standard InChI is InChI=1S/C15H21BrFN/c1-3-14(18-7-6-11(2)10-18)8-12-4-5-13(16)9-15(12)17/h4-5,9,11,14H,3,6-8,10H2,1-2H3. The van der Waals surface area contributed by atoms with Gasteiger partial charge in [-0.3, -0.25) is 4.90 Å². The molecular weight excluding hydrogens is 293 g/mol. The summed E-state index contributed by atoms with van der Waals surface area (Å²) in [5, 5.41) is 0. The van der Waals surface area contributed by atoms with E-state index < -0.39 is 0 Å². The van der Waals surface area contributed by atoms with Gasteiger partial charge in [-0.25, -0.2) is 4.39 Å². The van der Waals surface area contributed by atoms with Crippen molar-refractivity contribution in [1.82, 2.24) is 4.90 Å². The highest BCUT2D eigenvalue weighted by molar-refractivity contribution is 9.10. The van der Waals surface area contributed by atoms with E-state index in [1.54, 1.807) is 6.07 Å². The van der Waals surface area contributed by atoms with Gasteiger partial charge in [0, 0.05) is 17.1 Å². The van der Waals surface area contributed by atoms with Gasteiger partial charge in [-0.2, -0.15) is 0 Å². The Morgan fingerprint density at radius 1 is 1.50 bits per heavy atom. The van der Waals surface area contributed by atoms with Crippen LogP contribution in [0, 0.1) is 11.7 Å². The van der Waals surface area contributed by atoms with Gasteiger partial charge in [0.2, 0.25) is 0 Å².